The molecule has 95 heavy (non-hydrogen) atoms. The van der Waals surface area contributed by atoms with Crippen LogP contribution in [0.15, 0.2) is 30.3 Å². The van der Waals surface area contributed by atoms with Crippen molar-refractivity contribution in [2.24, 2.45) is 35.5 Å². The number of methoxy groups -OCH3 is 2. The highest BCUT2D eigenvalue weighted by atomic mass is 32.2. The molecular weight excluding hydrogens is 1250 g/mol. The van der Waals surface area contributed by atoms with Gasteiger partial charge >= 0.3 is 11.9 Å². The Kier molecular flexibility index (Phi) is 41.3. The quantitative estimate of drug-likeness (QED) is 0.0479. The number of benzene rings is 1. The normalized spacial score (nSPS) is 16.5. The molecule has 0 saturated carbocycles. The van der Waals surface area contributed by atoms with Gasteiger partial charge in [0.25, 0.3) is 0 Å². The highest BCUT2D eigenvalue weighted by molar-refractivity contribution is 8.00. The van der Waals surface area contributed by atoms with Crippen molar-refractivity contribution >= 4 is 76.5 Å². The van der Waals surface area contributed by atoms with Gasteiger partial charge in [0.15, 0.2) is 11.6 Å². The standard InChI is InChI=1S/C69H114N6O19S/c1-14-47(7)65(57(89-12)42-63(83)75-30-22-25-54(75)66(90-13)48(8)55(77)40-51(68(85)86)39-50-23-18-16-19-24-50)74(11)67(84)52(45(3)4)41-56(78)64(46(5)6)73(10)62(82)26-20-17-21-28-70-61(81)43-58(69(87)88)95-44-53(49(9)76)72-60(80)27-31-91-33-35-93-37-38-94-36-34-92-32-29-71-59(79)15-2/h16,18-19,23-24,45-48,51-54,57-58,64-66H,14-15,17,20-22,25-44H2,1-13H3,(H,70,81)(H,71,79)(H,72,80)(H,85,86)(H,87,88)/t47-,48-,51+,52-,53?,54-,57+,58?,64-,65-,66+/m0/s1/i2T. The van der Waals surface area contributed by atoms with E-state index in [4.69, 9.17) is 29.8 Å². The maximum Gasteiger partial charge on any atom is 0.317 e. The molecule has 11 atom stereocenters. The third kappa shape index (κ3) is 31.5. The first kappa shape index (κ1) is 83.3. The summed E-state index contributed by atoms with van der Waals surface area (Å²) in [6, 6.07) is 6.27. The van der Waals surface area contributed by atoms with Gasteiger partial charge in [0.2, 0.25) is 35.4 Å². The molecule has 2 unspecified atom stereocenters. The van der Waals surface area contributed by atoms with Crippen LogP contribution in [0, 0.1) is 35.5 Å². The number of thioether (sulfide) groups is 1. The molecule has 6 amide bonds. The third-order valence-corrected chi connectivity index (χ3v) is 18.8. The topological polar surface area (TPSA) is 329 Å². The Bertz CT molecular complexity index is 2550. The Balaban J connectivity index is 1.89. The minimum atomic E-state index is -1.26. The molecule has 0 bridgehead atoms. The van der Waals surface area contributed by atoms with Crippen molar-refractivity contribution in [1.82, 2.24) is 30.7 Å². The number of likely N-dealkylation sites (N-methyl/N-ethyl adjacent to an activating group) is 2. The number of carboxylic acid groups (broad SMARTS) is 2. The number of nitrogens with one attached hydrogen (secondary N) is 3. The number of ketones is 3. The van der Waals surface area contributed by atoms with Crippen LogP contribution in [0.1, 0.15) is 153 Å². The number of nitrogens with zero attached hydrogens (tertiary/aromatic N) is 3. The number of hydrogen-bond donors (Lipinski definition) is 5. The largest absolute Gasteiger partial charge is 0.481 e. The van der Waals surface area contributed by atoms with Crippen molar-refractivity contribution in [1.29, 1.82) is 0 Å². The monoisotopic (exact) mass is 1360 g/mol. The van der Waals surface area contributed by atoms with Gasteiger partial charge in [-0.15, -0.1) is 11.8 Å². The molecule has 2 rings (SSSR count). The Labute approximate surface area is 569 Å². The van der Waals surface area contributed by atoms with Crippen molar-refractivity contribution in [2.45, 2.75) is 194 Å². The fraction of sp³-hybridized carbons (Fsp3) is 0.754. The molecule has 25 nitrogen and oxygen atoms in total. The summed E-state index contributed by atoms with van der Waals surface area (Å²) in [4.78, 5) is 150. The minimum absolute atomic E-state index is 0.0399. The molecule has 0 radical (unpaired) electrons. The van der Waals surface area contributed by atoms with Crippen LogP contribution < -0.4 is 16.0 Å². The van der Waals surface area contributed by atoms with Gasteiger partial charge < -0.3 is 69.3 Å². The second-order valence-electron chi connectivity index (χ2n) is 25.3. The van der Waals surface area contributed by atoms with Gasteiger partial charge in [-0.1, -0.05) is 98.5 Å². The van der Waals surface area contributed by atoms with E-state index < -0.39 is 83.1 Å². The number of likely N-dealkylation sites (tertiary alicyclic amines) is 1. The zero-order chi connectivity index (χ0) is 71.9. The van der Waals surface area contributed by atoms with Gasteiger partial charge in [-0.2, -0.15) is 0 Å². The van der Waals surface area contributed by atoms with Crippen LogP contribution in [0.3, 0.4) is 0 Å². The van der Waals surface area contributed by atoms with Crippen molar-refractivity contribution in [3.8, 4) is 0 Å². The maximum atomic E-state index is 14.8. The number of aliphatic carboxylic acids is 2. The predicted octanol–water partition coefficient (Wildman–Crippen LogP) is 5.83. The Hall–Kier alpha value is -5.90. The Morgan fingerprint density at radius 2 is 1.32 bits per heavy atom. The van der Waals surface area contributed by atoms with Gasteiger partial charge in [0.05, 0.1) is 102 Å². The number of unbranched alkanes of at least 4 members (excludes halogenated alkanes) is 2. The summed E-state index contributed by atoms with van der Waals surface area (Å²) in [5, 5.41) is 26.8. The van der Waals surface area contributed by atoms with E-state index in [1.165, 1.54) is 26.0 Å². The molecule has 0 spiro atoms. The van der Waals surface area contributed by atoms with Gasteiger partial charge in [0, 0.05) is 105 Å². The molecule has 26 heteroatoms. The summed E-state index contributed by atoms with van der Waals surface area (Å²) >= 11 is 0.866. The van der Waals surface area contributed by atoms with Crippen molar-refractivity contribution < 1.29 is 92.7 Å². The molecule has 1 fully saturated rings. The van der Waals surface area contributed by atoms with Crippen LogP contribution >= 0.6 is 11.8 Å². The van der Waals surface area contributed by atoms with Crippen LogP contribution in [0.5, 0.6) is 0 Å². The van der Waals surface area contributed by atoms with E-state index in [9.17, 15) is 63.0 Å². The van der Waals surface area contributed by atoms with Crippen LogP contribution in [-0.2, 0) is 87.6 Å². The van der Waals surface area contributed by atoms with E-state index in [1.807, 2.05) is 71.9 Å². The van der Waals surface area contributed by atoms with E-state index in [2.05, 4.69) is 16.0 Å². The fourth-order valence-corrected chi connectivity index (χ4v) is 12.9. The van der Waals surface area contributed by atoms with Crippen LogP contribution in [0.4, 0.5) is 0 Å². The first-order chi connectivity index (χ1) is 45.6. The van der Waals surface area contributed by atoms with Gasteiger partial charge in [-0.05, 0) is 62.3 Å². The van der Waals surface area contributed by atoms with E-state index in [1.54, 1.807) is 30.8 Å². The number of ether oxygens (including phenoxy) is 6. The van der Waals surface area contributed by atoms with Crippen molar-refractivity contribution in [2.75, 3.05) is 107 Å². The summed E-state index contributed by atoms with van der Waals surface area (Å²) in [5.74, 6) is -8.45. The Morgan fingerprint density at radius 1 is 0.695 bits per heavy atom. The van der Waals surface area contributed by atoms with E-state index >= 15 is 0 Å². The number of rotatable bonds is 53. The molecule has 1 aromatic rings. The predicted molar refractivity (Wildman–Crippen MR) is 360 cm³/mol. The maximum absolute atomic E-state index is 14.8. The van der Waals surface area contributed by atoms with Gasteiger partial charge in [0.1, 0.15) is 11.0 Å². The lowest BCUT2D eigenvalue weighted by molar-refractivity contribution is -0.150. The van der Waals surface area contributed by atoms with E-state index in [0.717, 1.165) is 17.3 Å². The number of carbonyl (C=O) groups excluding carboxylic acids is 9. The molecule has 1 aromatic carbocycles. The molecule has 540 valence electrons. The summed E-state index contributed by atoms with van der Waals surface area (Å²) in [7, 11) is 6.26. The number of carboxylic acids is 2. The number of amides is 6. The third-order valence-electron chi connectivity index (χ3n) is 17.5. The average Bonchev–Trinajstić information content (AvgIpc) is 1.44. The minimum Gasteiger partial charge on any atom is -0.481 e. The molecular formula is C69H114N6O19S. The zero-order valence-electron chi connectivity index (χ0n) is 59.6. The van der Waals surface area contributed by atoms with Gasteiger partial charge in [-0.3, -0.25) is 52.7 Å². The summed E-state index contributed by atoms with van der Waals surface area (Å²) in [5.41, 5.74) is 0.810. The fourth-order valence-electron chi connectivity index (χ4n) is 11.8. The van der Waals surface area contributed by atoms with Crippen molar-refractivity contribution in [3.05, 3.63) is 35.9 Å². The molecule has 1 aliphatic rings. The van der Waals surface area contributed by atoms with Crippen molar-refractivity contribution in [3.63, 3.8) is 0 Å². The summed E-state index contributed by atoms with van der Waals surface area (Å²) in [6.07, 6.45) is 1.48. The molecule has 0 aromatic heterocycles. The average molecular weight is 1370 g/mol. The number of hydrogen-bond acceptors (Lipinski definition) is 18. The second-order valence-corrected chi connectivity index (χ2v) is 26.5. The molecule has 1 heterocycles. The molecule has 1 saturated heterocycles. The highest BCUT2D eigenvalue weighted by Gasteiger charge is 2.44. The van der Waals surface area contributed by atoms with E-state index in [0.29, 0.717) is 84.6 Å². The SMILES string of the molecule is [3H]CCC(=O)NCCOCCOCCOCCOCCC(=O)NC(CSC(CC(=O)NCCCCCC(=O)N(C)[C@H](C(=O)C[C@H](C(=O)N(C)[C@@H]([C@@H](C)CC)[C@@H](CC(=O)N1CCC[C@H]1[C@H](OC)[C@@H](C)C(=O)C[C@@H](Cc1ccccc1)C(=O)O)OC)C(C)C)C(C)C)C(=O)O)C(C)=O. The zero-order valence-corrected chi connectivity index (χ0v) is 59.4. The summed E-state index contributed by atoms with van der Waals surface area (Å²) < 4.78 is 40.8. The number of carbonyl (C=O) groups is 11. The summed E-state index contributed by atoms with van der Waals surface area (Å²) in [6.45, 7) is 17.6. The first-order valence-corrected chi connectivity index (χ1v) is 34.7. The molecule has 0 aliphatic carbocycles. The van der Waals surface area contributed by atoms with Crippen LogP contribution in [0.25, 0.3) is 0 Å². The Morgan fingerprint density at radius 3 is 1.87 bits per heavy atom. The van der Waals surface area contributed by atoms with E-state index in [-0.39, 0.29) is 149 Å². The van der Waals surface area contributed by atoms with Gasteiger partial charge in [-0.25, -0.2) is 0 Å². The molecule has 1 aliphatic heterocycles. The van der Waals surface area contributed by atoms with Crippen LogP contribution in [0.2, 0.25) is 0 Å². The highest BCUT2D eigenvalue weighted by Crippen LogP contribution is 2.32. The lowest BCUT2D eigenvalue weighted by Gasteiger charge is -2.41. The lowest BCUT2D eigenvalue weighted by Crippen LogP contribution is -2.54. The first-order valence-electron chi connectivity index (χ1n) is 34.3. The molecule has 5 N–H and O–H groups in total. The smallest absolute Gasteiger partial charge is 0.317 e. The van der Waals surface area contributed by atoms with Crippen LogP contribution in [-0.4, -0.2) is 238 Å². The lowest BCUT2D eigenvalue weighted by atomic mass is 9.83. The number of Topliss-reactive ketones (excluding diaryl/α,β-unsaturated/α-hetero) is 3. The second kappa shape index (κ2) is 47.1.